The molecule has 2 N–H and O–H groups in total. The van der Waals surface area contributed by atoms with E-state index in [0.717, 1.165) is 11.3 Å². The average Bonchev–Trinajstić information content (AvgIpc) is 2.80. The van der Waals surface area contributed by atoms with E-state index in [4.69, 9.17) is 5.73 Å². The van der Waals surface area contributed by atoms with Gasteiger partial charge in [-0.1, -0.05) is 18.2 Å². The first-order valence-electron chi connectivity index (χ1n) is 4.87. The number of tetrazole rings is 1. The van der Waals surface area contributed by atoms with Gasteiger partial charge in [0.25, 0.3) is 0 Å². The van der Waals surface area contributed by atoms with Crippen molar-refractivity contribution in [1.82, 2.24) is 20.2 Å². The zero-order valence-electron chi connectivity index (χ0n) is 8.58. The molecule has 82 valence electrons. The summed E-state index contributed by atoms with van der Waals surface area (Å²) in [5.41, 5.74) is 6.99. The van der Waals surface area contributed by atoms with Gasteiger partial charge in [-0.05, 0) is 28.5 Å². The molecule has 2 aromatic rings. The summed E-state index contributed by atoms with van der Waals surface area (Å²) in [6, 6.07) is 7.63. The first kappa shape index (κ1) is 10.3. The van der Waals surface area contributed by atoms with E-state index in [1.165, 1.54) is 6.33 Å². The SMILES string of the molecule is NC(=O)CCc1ccccc1-n1cnnn1. The van der Waals surface area contributed by atoms with Crippen molar-refractivity contribution in [2.45, 2.75) is 12.8 Å². The number of carbonyl (C=O) groups is 1. The highest BCUT2D eigenvalue weighted by molar-refractivity contribution is 5.74. The van der Waals surface area contributed by atoms with E-state index in [0.29, 0.717) is 12.8 Å². The number of aromatic nitrogens is 4. The molecule has 0 fully saturated rings. The second-order valence-corrected chi connectivity index (χ2v) is 3.35. The maximum absolute atomic E-state index is 10.7. The minimum absolute atomic E-state index is 0.313. The van der Waals surface area contributed by atoms with Crippen LogP contribution >= 0.6 is 0 Å². The predicted octanol–water partition coefficient (Wildman–Crippen LogP) is 0.0802. The molecular weight excluding hydrogens is 206 g/mol. The molecule has 0 aliphatic heterocycles. The third kappa shape index (κ3) is 2.22. The lowest BCUT2D eigenvalue weighted by Gasteiger charge is -2.06. The monoisotopic (exact) mass is 217 g/mol. The number of amides is 1. The van der Waals surface area contributed by atoms with Gasteiger partial charge in [0.05, 0.1) is 5.69 Å². The Morgan fingerprint density at radius 2 is 2.19 bits per heavy atom. The van der Waals surface area contributed by atoms with Crippen LogP contribution in [0.4, 0.5) is 0 Å². The first-order valence-corrected chi connectivity index (χ1v) is 4.87. The van der Waals surface area contributed by atoms with E-state index in [9.17, 15) is 4.79 Å². The smallest absolute Gasteiger partial charge is 0.217 e. The van der Waals surface area contributed by atoms with E-state index >= 15 is 0 Å². The van der Waals surface area contributed by atoms with Crippen LogP contribution in [-0.4, -0.2) is 26.1 Å². The van der Waals surface area contributed by atoms with Gasteiger partial charge in [-0.15, -0.1) is 5.10 Å². The Kier molecular flexibility index (Phi) is 2.90. The number of hydrogen-bond acceptors (Lipinski definition) is 4. The standard InChI is InChI=1S/C10H11N5O/c11-10(16)6-5-8-3-1-2-4-9(8)15-7-12-13-14-15/h1-4,7H,5-6H2,(H2,11,16). The lowest BCUT2D eigenvalue weighted by molar-refractivity contribution is -0.117. The van der Waals surface area contributed by atoms with Crippen LogP contribution in [0, 0.1) is 0 Å². The minimum atomic E-state index is -0.313. The van der Waals surface area contributed by atoms with Crippen LogP contribution in [0.5, 0.6) is 0 Å². The quantitative estimate of drug-likeness (QED) is 0.785. The predicted molar refractivity (Wildman–Crippen MR) is 56.7 cm³/mol. The number of nitrogens with two attached hydrogens (primary N) is 1. The van der Waals surface area contributed by atoms with Crippen molar-refractivity contribution in [1.29, 1.82) is 0 Å². The molecule has 0 atom stereocenters. The molecule has 0 spiro atoms. The Morgan fingerprint density at radius 3 is 2.88 bits per heavy atom. The summed E-state index contributed by atoms with van der Waals surface area (Å²) in [4.78, 5) is 10.7. The van der Waals surface area contributed by atoms with Gasteiger partial charge in [0.15, 0.2) is 0 Å². The topological polar surface area (TPSA) is 86.7 Å². The molecule has 6 nitrogen and oxygen atoms in total. The number of carbonyl (C=O) groups excluding carboxylic acids is 1. The van der Waals surface area contributed by atoms with Crippen molar-refractivity contribution in [2.24, 2.45) is 5.73 Å². The highest BCUT2D eigenvalue weighted by Gasteiger charge is 2.06. The second-order valence-electron chi connectivity index (χ2n) is 3.35. The summed E-state index contributed by atoms with van der Waals surface area (Å²) in [7, 11) is 0. The lowest BCUT2D eigenvalue weighted by atomic mass is 10.1. The van der Waals surface area contributed by atoms with Crippen LogP contribution < -0.4 is 5.73 Å². The second kappa shape index (κ2) is 4.52. The maximum atomic E-state index is 10.7. The van der Waals surface area contributed by atoms with Crippen LogP contribution in [0.1, 0.15) is 12.0 Å². The van der Waals surface area contributed by atoms with Gasteiger partial charge >= 0.3 is 0 Å². The molecule has 2 rings (SSSR count). The highest BCUT2D eigenvalue weighted by Crippen LogP contribution is 2.14. The van der Waals surface area contributed by atoms with Crippen molar-refractivity contribution < 1.29 is 4.79 Å². The van der Waals surface area contributed by atoms with Crippen LogP contribution in [0.25, 0.3) is 5.69 Å². The third-order valence-electron chi connectivity index (χ3n) is 2.23. The summed E-state index contributed by atoms with van der Waals surface area (Å²) in [6.45, 7) is 0. The summed E-state index contributed by atoms with van der Waals surface area (Å²) in [5.74, 6) is -0.313. The van der Waals surface area contributed by atoms with E-state index in [1.807, 2.05) is 24.3 Å². The van der Waals surface area contributed by atoms with Gasteiger partial charge in [0.2, 0.25) is 5.91 Å². The van der Waals surface area contributed by atoms with Crippen molar-refractivity contribution >= 4 is 5.91 Å². The molecule has 0 aliphatic rings. The zero-order valence-corrected chi connectivity index (χ0v) is 8.58. The fraction of sp³-hybridized carbons (Fsp3) is 0.200. The van der Waals surface area contributed by atoms with Crippen molar-refractivity contribution in [3.05, 3.63) is 36.2 Å². The molecule has 1 heterocycles. The number of benzene rings is 1. The largest absolute Gasteiger partial charge is 0.370 e. The molecule has 0 radical (unpaired) electrons. The molecule has 6 heteroatoms. The highest BCUT2D eigenvalue weighted by atomic mass is 16.1. The van der Waals surface area contributed by atoms with Gasteiger partial charge in [-0.3, -0.25) is 4.79 Å². The molecular formula is C10H11N5O. The Hall–Kier alpha value is -2.24. The number of aryl methyl sites for hydroxylation is 1. The Balaban J connectivity index is 2.27. The van der Waals surface area contributed by atoms with Gasteiger partial charge in [-0.25, -0.2) is 4.68 Å². The zero-order chi connectivity index (χ0) is 11.4. The van der Waals surface area contributed by atoms with Crippen LogP contribution in [0.2, 0.25) is 0 Å². The van der Waals surface area contributed by atoms with E-state index in [1.54, 1.807) is 4.68 Å². The number of nitrogens with zero attached hydrogens (tertiary/aromatic N) is 4. The number of primary amides is 1. The number of rotatable bonds is 4. The van der Waals surface area contributed by atoms with Crippen LogP contribution in [0.3, 0.4) is 0 Å². The van der Waals surface area contributed by atoms with E-state index in [-0.39, 0.29) is 5.91 Å². The van der Waals surface area contributed by atoms with Crippen molar-refractivity contribution in [3.63, 3.8) is 0 Å². The lowest BCUT2D eigenvalue weighted by Crippen LogP contribution is -2.12. The fourth-order valence-electron chi connectivity index (χ4n) is 1.48. The third-order valence-corrected chi connectivity index (χ3v) is 2.23. The molecule has 0 saturated carbocycles. The van der Waals surface area contributed by atoms with Gasteiger partial charge in [0.1, 0.15) is 6.33 Å². The number of para-hydroxylation sites is 1. The van der Waals surface area contributed by atoms with Crippen LogP contribution in [-0.2, 0) is 11.2 Å². The van der Waals surface area contributed by atoms with Crippen LogP contribution in [0.15, 0.2) is 30.6 Å². The van der Waals surface area contributed by atoms with Crippen molar-refractivity contribution in [3.8, 4) is 5.69 Å². The molecule has 1 aromatic heterocycles. The Bertz CT molecular complexity index is 480. The summed E-state index contributed by atoms with van der Waals surface area (Å²) < 4.78 is 1.57. The Morgan fingerprint density at radius 1 is 1.38 bits per heavy atom. The molecule has 0 aliphatic carbocycles. The first-order chi connectivity index (χ1) is 7.77. The Labute approximate surface area is 92.1 Å². The number of hydrogen-bond donors (Lipinski definition) is 1. The average molecular weight is 217 g/mol. The molecule has 0 bridgehead atoms. The molecule has 16 heavy (non-hydrogen) atoms. The molecule has 1 amide bonds. The van der Waals surface area contributed by atoms with Gasteiger partial charge in [0, 0.05) is 6.42 Å². The fourth-order valence-corrected chi connectivity index (χ4v) is 1.48. The van der Waals surface area contributed by atoms with Crippen molar-refractivity contribution in [2.75, 3.05) is 0 Å². The summed E-state index contributed by atoms with van der Waals surface area (Å²) >= 11 is 0. The minimum Gasteiger partial charge on any atom is -0.370 e. The maximum Gasteiger partial charge on any atom is 0.217 e. The van der Waals surface area contributed by atoms with E-state index in [2.05, 4.69) is 15.5 Å². The summed E-state index contributed by atoms with van der Waals surface area (Å²) in [6.07, 6.45) is 2.42. The van der Waals surface area contributed by atoms with E-state index < -0.39 is 0 Å². The molecule has 0 saturated heterocycles. The normalized spacial score (nSPS) is 10.2. The summed E-state index contributed by atoms with van der Waals surface area (Å²) in [5, 5.41) is 11.0. The molecule has 1 aromatic carbocycles. The molecule has 0 unspecified atom stereocenters. The van der Waals surface area contributed by atoms with Gasteiger partial charge < -0.3 is 5.73 Å². The van der Waals surface area contributed by atoms with Gasteiger partial charge in [-0.2, -0.15) is 0 Å².